The van der Waals surface area contributed by atoms with E-state index in [-0.39, 0.29) is 12.1 Å². The van der Waals surface area contributed by atoms with Gasteiger partial charge in [-0.3, -0.25) is 4.68 Å². The van der Waals surface area contributed by atoms with Crippen LogP contribution in [0.25, 0.3) is 0 Å². The van der Waals surface area contributed by atoms with Crippen LogP contribution in [-0.2, 0) is 18.2 Å². The third kappa shape index (κ3) is 3.65. The van der Waals surface area contributed by atoms with Crippen LogP contribution in [0.5, 0.6) is 0 Å². The lowest BCUT2D eigenvalue weighted by atomic mass is 10.0. The number of rotatable bonds is 7. The fraction of sp³-hybridized carbons (Fsp3) is 0.571. The van der Waals surface area contributed by atoms with Gasteiger partial charge in [0.25, 0.3) is 0 Å². The molecule has 0 aromatic carbocycles. The van der Waals surface area contributed by atoms with Gasteiger partial charge in [-0.1, -0.05) is 6.92 Å². The van der Waals surface area contributed by atoms with Crippen molar-refractivity contribution in [2.45, 2.75) is 38.8 Å². The van der Waals surface area contributed by atoms with E-state index in [1.807, 2.05) is 31.9 Å². The fourth-order valence-electron chi connectivity index (χ4n) is 2.11. The fourth-order valence-corrected chi connectivity index (χ4v) is 2.88. The molecule has 20 heavy (non-hydrogen) atoms. The van der Waals surface area contributed by atoms with E-state index in [4.69, 9.17) is 10.5 Å². The number of nitrogens with zero attached hydrogens (tertiary/aromatic N) is 3. The van der Waals surface area contributed by atoms with Crippen LogP contribution in [0.3, 0.4) is 0 Å². The van der Waals surface area contributed by atoms with Gasteiger partial charge in [0, 0.05) is 36.1 Å². The van der Waals surface area contributed by atoms with E-state index in [2.05, 4.69) is 17.0 Å². The summed E-state index contributed by atoms with van der Waals surface area (Å²) in [6.07, 6.45) is 5.46. The minimum atomic E-state index is -0.0954. The lowest BCUT2D eigenvalue weighted by Gasteiger charge is -2.22. The monoisotopic (exact) mass is 294 g/mol. The molecule has 0 amide bonds. The van der Waals surface area contributed by atoms with Crippen molar-refractivity contribution < 1.29 is 4.74 Å². The number of hydrogen-bond donors (Lipinski definition) is 1. The molecule has 5 nitrogen and oxygen atoms in total. The molecule has 0 saturated heterocycles. The highest BCUT2D eigenvalue weighted by atomic mass is 32.1. The van der Waals surface area contributed by atoms with Gasteiger partial charge in [-0.2, -0.15) is 5.10 Å². The van der Waals surface area contributed by atoms with Gasteiger partial charge in [0.1, 0.15) is 6.10 Å². The number of aryl methyl sites for hydroxylation is 2. The second-order valence-corrected chi connectivity index (χ2v) is 5.86. The standard InChI is InChI=1S/C14H22N4OS/c1-4-12(15)14(11-7-17-18(3)8-11)19-6-5-13-10(2)16-9-20-13/h7-9,12,14H,4-6,15H2,1-3H3. The molecule has 0 saturated carbocycles. The number of ether oxygens (including phenoxy) is 1. The third-order valence-electron chi connectivity index (χ3n) is 3.39. The maximum atomic E-state index is 6.18. The van der Waals surface area contributed by atoms with Crippen LogP contribution in [-0.4, -0.2) is 27.4 Å². The summed E-state index contributed by atoms with van der Waals surface area (Å²) in [7, 11) is 1.90. The van der Waals surface area contributed by atoms with Gasteiger partial charge in [-0.05, 0) is 13.3 Å². The summed E-state index contributed by atoms with van der Waals surface area (Å²) in [5.74, 6) is 0. The first-order valence-electron chi connectivity index (χ1n) is 6.86. The van der Waals surface area contributed by atoms with Gasteiger partial charge in [0.15, 0.2) is 0 Å². The van der Waals surface area contributed by atoms with Crippen molar-refractivity contribution in [2.24, 2.45) is 12.8 Å². The Kier molecular flexibility index (Phi) is 5.28. The van der Waals surface area contributed by atoms with Crippen LogP contribution in [0.1, 0.15) is 35.6 Å². The maximum Gasteiger partial charge on any atom is 0.101 e. The van der Waals surface area contributed by atoms with Gasteiger partial charge < -0.3 is 10.5 Å². The number of hydrogen-bond acceptors (Lipinski definition) is 5. The SMILES string of the molecule is CCC(N)C(OCCc1scnc1C)c1cnn(C)c1. The van der Waals surface area contributed by atoms with Crippen molar-refractivity contribution in [3.63, 3.8) is 0 Å². The number of thiazole rings is 1. The summed E-state index contributed by atoms with van der Waals surface area (Å²) in [4.78, 5) is 5.53. The zero-order chi connectivity index (χ0) is 14.5. The highest BCUT2D eigenvalue weighted by Crippen LogP contribution is 2.22. The molecule has 0 aliphatic carbocycles. The molecule has 0 aliphatic heterocycles. The van der Waals surface area contributed by atoms with Gasteiger partial charge >= 0.3 is 0 Å². The lowest BCUT2D eigenvalue weighted by molar-refractivity contribution is 0.0356. The first-order chi connectivity index (χ1) is 9.61. The van der Waals surface area contributed by atoms with Crippen molar-refractivity contribution in [1.29, 1.82) is 0 Å². The average molecular weight is 294 g/mol. The average Bonchev–Trinajstić information content (AvgIpc) is 3.03. The van der Waals surface area contributed by atoms with E-state index in [0.29, 0.717) is 6.61 Å². The molecule has 0 radical (unpaired) electrons. The van der Waals surface area contributed by atoms with Gasteiger partial charge in [-0.15, -0.1) is 11.3 Å². The van der Waals surface area contributed by atoms with Gasteiger partial charge in [0.05, 0.1) is 24.0 Å². The first-order valence-corrected chi connectivity index (χ1v) is 7.74. The molecule has 2 atom stereocenters. The van der Waals surface area contributed by atoms with E-state index >= 15 is 0 Å². The Bertz CT molecular complexity index is 537. The molecule has 2 unspecified atom stereocenters. The predicted octanol–water partition coefficient (Wildman–Crippen LogP) is 2.22. The second-order valence-electron chi connectivity index (χ2n) is 4.92. The molecule has 2 aromatic heterocycles. The van der Waals surface area contributed by atoms with Gasteiger partial charge in [-0.25, -0.2) is 4.98 Å². The molecule has 0 bridgehead atoms. The number of nitrogens with two attached hydrogens (primary N) is 1. The Balaban J connectivity index is 1.96. The minimum absolute atomic E-state index is 0.0123. The quantitative estimate of drug-likeness (QED) is 0.850. The zero-order valence-electron chi connectivity index (χ0n) is 12.2. The van der Waals surface area contributed by atoms with Crippen molar-refractivity contribution in [3.05, 3.63) is 34.0 Å². The Morgan fingerprint density at radius 2 is 2.30 bits per heavy atom. The molecule has 2 aromatic rings. The maximum absolute atomic E-state index is 6.18. The van der Waals surface area contributed by atoms with Crippen molar-refractivity contribution in [3.8, 4) is 0 Å². The molecule has 0 spiro atoms. The van der Waals surface area contributed by atoms with Gasteiger partial charge in [0.2, 0.25) is 0 Å². The van der Waals surface area contributed by atoms with Crippen LogP contribution in [0.2, 0.25) is 0 Å². The molecular weight excluding hydrogens is 272 g/mol. The highest BCUT2D eigenvalue weighted by molar-refractivity contribution is 7.09. The zero-order valence-corrected chi connectivity index (χ0v) is 13.1. The van der Waals surface area contributed by atoms with Crippen LogP contribution >= 0.6 is 11.3 Å². The summed E-state index contributed by atoms with van der Waals surface area (Å²) in [5, 5.41) is 4.20. The molecule has 110 valence electrons. The molecule has 2 heterocycles. The third-order valence-corrected chi connectivity index (χ3v) is 4.38. The first kappa shape index (κ1) is 15.2. The minimum Gasteiger partial charge on any atom is -0.371 e. The predicted molar refractivity (Wildman–Crippen MR) is 80.7 cm³/mol. The molecule has 0 aliphatic rings. The summed E-state index contributed by atoms with van der Waals surface area (Å²) >= 11 is 1.68. The molecule has 6 heteroatoms. The van der Waals surface area contributed by atoms with Crippen LogP contribution in [0.4, 0.5) is 0 Å². The van der Waals surface area contributed by atoms with E-state index in [0.717, 1.165) is 24.1 Å². The normalized spacial score (nSPS) is 14.4. The second kappa shape index (κ2) is 6.97. The van der Waals surface area contributed by atoms with E-state index < -0.39 is 0 Å². The molecule has 2 N–H and O–H groups in total. The van der Waals surface area contributed by atoms with E-state index in [9.17, 15) is 0 Å². The largest absolute Gasteiger partial charge is 0.371 e. The smallest absolute Gasteiger partial charge is 0.101 e. The van der Waals surface area contributed by atoms with Crippen molar-refractivity contribution >= 4 is 11.3 Å². The Hall–Kier alpha value is -1.24. The Morgan fingerprint density at radius 1 is 1.50 bits per heavy atom. The number of aromatic nitrogens is 3. The Morgan fingerprint density at radius 3 is 2.85 bits per heavy atom. The summed E-state index contributed by atoms with van der Waals surface area (Å²) in [6.45, 7) is 4.75. The summed E-state index contributed by atoms with van der Waals surface area (Å²) < 4.78 is 7.80. The lowest BCUT2D eigenvalue weighted by Crippen LogP contribution is -2.30. The topological polar surface area (TPSA) is 66.0 Å². The summed E-state index contributed by atoms with van der Waals surface area (Å²) in [6, 6.07) is -0.0123. The highest BCUT2D eigenvalue weighted by Gasteiger charge is 2.20. The van der Waals surface area contributed by atoms with Crippen molar-refractivity contribution in [2.75, 3.05) is 6.61 Å². The van der Waals surface area contributed by atoms with Crippen LogP contribution in [0, 0.1) is 6.92 Å². The molecule has 2 rings (SSSR count). The summed E-state index contributed by atoms with van der Waals surface area (Å²) in [5.41, 5.74) is 10.2. The molecule has 0 fully saturated rings. The van der Waals surface area contributed by atoms with Crippen LogP contribution < -0.4 is 5.73 Å². The van der Waals surface area contributed by atoms with Crippen LogP contribution in [0.15, 0.2) is 17.9 Å². The van der Waals surface area contributed by atoms with E-state index in [1.165, 1.54) is 4.88 Å². The Labute approximate surface area is 123 Å². The van der Waals surface area contributed by atoms with E-state index in [1.54, 1.807) is 16.0 Å². The van der Waals surface area contributed by atoms with Crippen molar-refractivity contribution in [1.82, 2.24) is 14.8 Å². The molecular formula is C14H22N4OS.